The standard InChI is InChI=1S/C8H6BNO4/c1-14-8(11)6-3-2-5(9)4-7(6)10(12)13/h2-4H,1H3. The second-order valence-electron chi connectivity index (χ2n) is 2.53. The van der Waals surface area contributed by atoms with E-state index in [9.17, 15) is 14.9 Å². The number of ether oxygens (including phenoxy) is 1. The van der Waals surface area contributed by atoms with Crippen LogP contribution in [0.15, 0.2) is 18.2 Å². The lowest BCUT2D eigenvalue weighted by molar-refractivity contribution is -0.385. The fourth-order valence-corrected chi connectivity index (χ4v) is 0.982. The van der Waals surface area contributed by atoms with Crippen molar-refractivity contribution in [2.24, 2.45) is 0 Å². The summed E-state index contributed by atoms with van der Waals surface area (Å²) in [6.07, 6.45) is 0. The highest BCUT2D eigenvalue weighted by Crippen LogP contribution is 2.16. The van der Waals surface area contributed by atoms with Crippen LogP contribution in [-0.2, 0) is 4.74 Å². The van der Waals surface area contributed by atoms with Crippen molar-refractivity contribution in [2.75, 3.05) is 7.11 Å². The van der Waals surface area contributed by atoms with Gasteiger partial charge in [-0.3, -0.25) is 10.1 Å². The van der Waals surface area contributed by atoms with Gasteiger partial charge in [-0.1, -0.05) is 11.5 Å². The molecule has 5 nitrogen and oxygen atoms in total. The quantitative estimate of drug-likeness (QED) is 0.289. The van der Waals surface area contributed by atoms with Crippen LogP contribution in [0.5, 0.6) is 0 Å². The first-order valence-corrected chi connectivity index (χ1v) is 3.68. The Morgan fingerprint density at radius 2 is 2.21 bits per heavy atom. The molecule has 0 bridgehead atoms. The molecule has 0 saturated carbocycles. The van der Waals surface area contributed by atoms with Gasteiger partial charge in [0.2, 0.25) is 0 Å². The Kier molecular flexibility index (Phi) is 2.86. The zero-order chi connectivity index (χ0) is 10.7. The number of nitro groups is 1. The largest absolute Gasteiger partial charge is 0.465 e. The Balaban J connectivity index is 3.28. The monoisotopic (exact) mass is 191 g/mol. The topological polar surface area (TPSA) is 69.4 Å². The molecule has 0 N–H and O–H groups in total. The predicted octanol–water partition coefficient (Wildman–Crippen LogP) is 0.175. The predicted molar refractivity (Wildman–Crippen MR) is 49.8 cm³/mol. The average molecular weight is 191 g/mol. The van der Waals surface area contributed by atoms with Crippen LogP contribution >= 0.6 is 0 Å². The van der Waals surface area contributed by atoms with Gasteiger partial charge in [-0.15, -0.1) is 0 Å². The summed E-state index contributed by atoms with van der Waals surface area (Å²) in [7, 11) is 6.51. The van der Waals surface area contributed by atoms with E-state index in [1.807, 2.05) is 0 Å². The van der Waals surface area contributed by atoms with Crippen LogP contribution in [0.1, 0.15) is 10.4 Å². The third kappa shape index (κ3) is 1.90. The van der Waals surface area contributed by atoms with Gasteiger partial charge in [0, 0.05) is 6.07 Å². The molecule has 0 unspecified atom stereocenters. The minimum absolute atomic E-state index is 0.105. The molecule has 0 fully saturated rings. The van der Waals surface area contributed by atoms with Crippen LogP contribution in [0, 0.1) is 10.1 Å². The molecule has 0 aliphatic carbocycles. The second-order valence-corrected chi connectivity index (χ2v) is 2.53. The van der Waals surface area contributed by atoms with E-state index < -0.39 is 10.9 Å². The number of rotatable bonds is 2. The number of carbonyl (C=O) groups excluding carboxylic acids is 1. The molecule has 6 heteroatoms. The minimum Gasteiger partial charge on any atom is -0.465 e. The van der Waals surface area contributed by atoms with Gasteiger partial charge in [0.1, 0.15) is 13.4 Å². The van der Waals surface area contributed by atoms with Crippen molar-refractivity contribution in [3.8, 4) is 0 Å². The Morgan fingerprint density at radius 3 is 2.71 bits per heavy atom. The summed E-state index contributed by atoms with van der Waals surface area (Å²) in [6.45, 7) is 0. The molecule has 1 aromatic carbocycles. The van der Waals surface area contributed by atoms with Crippen molar-refractivity contribution in [1.82, 2.24) is 0 Å². The summed E-state index contributed by atoms with van der Waals surface area (Å²) in [5, 5.41) is 10.5. The molecule has 0 saturated heterocycles. The van der Waals surface area contributed by atoms with Gasteiger partial charge in [0.15, 0.2) is 0 Å². The Bertz CT molecular complexity index is 391. The maximum atomic E-state index is 11.1. The van der Waals surface area contributed by atoms with E-state index >= 15 is 0 Å². The molecular weight excluding hydrogens is 185 g/mol. The molecule has 2 radical (unpaired) electrons. The van der Waals surface area contributed by atoms with Crippen LogP contribution in [0.4, 0.5) is 5.69 Å². The Hall–Kier alpha value is -1.85. The summed E-state index contributed by atoms with van der Waals surface area (Å²) in [4.78, 5) is 20.9. The van der Waals surface area contributed by atoms with Gasteiger partial charge in [0.25, 0.3) is 5.69 Å². The Morgan fingerprint density at radius 1 is 1.57 bits per heavy atom. The molecule has 0 atom stereocenters. The number of benzene rings is 1. The number of methoxy groups -OCH3 is 1. The highest BCUT2D eigenvalue weighted by molar-refractivity contribution is 6.32. The van der Waals surface area contributed by atoms with Crippen LogP contribution in [0.3, 0.4) is 0 Å². The smallest absolute Gasteiger partial charge is 0.344 e. The third-order valence-corrected chi connectivity index (χ3v) is 1.62. The fourth-order valence-electron chi connectivity index (χ4n) is 0.982. The van der Waals surface area contributed by atoms with Crippen molar-refractivity contribution in [1.29, 1.82) is 0 Å². The maximum absolute atomic E-state index is 11.1. The van der Waals surface area contributed by atoms with Gasteiger partial charge < -0.3 is 4.74 Å². The van der Waals surface area contributed by atoms with E-state index in [0.717, 1.165) is 13.2 Å². The first kappa shape index (κ1) is 10.2. The maximum Gasteiger partial charge on any atom is 0.344 e. The molecule has 1 rings (SSSR count). The SMILES string of the molecule is [B]c1ccc(C(=O)OC)c([N+](=O)[O-])c1. The van der Waals surface area contributed by atoms with Crippen molar-refractivity contribution in [2.45, 2.75) is 0 Å². The minimum atomic E-state index is -0.753. The molecule has 0 heterocycles. The van der Waals surface area contributed by atoms with E-state index in [-0.39, 0.29) is 16.7 Å². The van der Waals surface area contributed by atoms with Gasteiger partial charge in [-0.2, -0.15) is 0 Å². The average Bonchev–Trinajstić information content (AvgIpc) is 2.16. The number of nitrogens with zero attached hydrogens (tertiary/aromatic N) is 1. The summed E-state index contributed by atoms with van der Waals surface area (Å²) >= 11 is 0. The number of hydrogen-bond donors (Lipinski definition) is 0. The highest BCUT2D eigenvalue weighted by Gasteiger charge is 2.19. The fraction of sp³-hybridized carbons (Fsp3) is 0.125. The van der Waals surface area contributed by atoms with E-state index in [4.69, 9.17) is 7.85 Å². The lowest BCUT2D eigenvalue weighted by atomic mass is 9.94. The molecule has 70 valence electrons. The highest BCUT2D eigenvalue weighted by atomic mass is 16.6. The van der Waals surface area contributed by atoms with Crippen molar-refractivity contribution in [3.63, 3.8) is 0 Å². The van der Waals surface area contributed by atoms with Gasteiger partial charge in [0.05, 0.1) is 12.0 Å². The zero-order valence-electron chi connectivity index (χ0n) is 7.39. The van der Waals surface area contributed by atoms with Crippen LogP contribution < -0.4 is 5.46 Å². The second kappa shape index (κ2) is 3.91. The van der Waals surface area contributed by atoms with E-state index in [1.54, 1.807) is 0 Å². The molecular formula is C8H6BNO4. The van der Waals surface area contributed by atoms with E-state index in [1.165, 1.54) is 12.1 Å². The van der Waals surface area contributed by atoms with Gasteiger partial charge in [-0.05, 0) is 6.07 Å². The van der Waals surface area contributed by atoms with Crippen molar-refractivity contribution < 1.29 is 14.5 Å². The number of nitro benzene ring substituents is 1. The lowest BCUT2D eigenvalue weighted by Crippen LogP contribution is -2.10. The van der Waals surface area contributed by atoms with E-state index in [2.05, 4.69) is 4.74 Å². The summed E-state index contributed by atoms with van der Waals surface area (Å²) < 4.78 is 4.38. The molecule has 0 aliphatic heterocycles. The summed E-state index contributed by atoms with van der Waals surface area (Å²) in [5.41, 5.74) is -0.229. The first-order chi connectivity index (χ1) is 6.56. The van der Waals surface area contributed by atoms with Crippen LogP contribution in [0.25, 0.3) is 0 Å². The zero-order valence-corrected chi connectivity index (χ0v) is 7.39. The van der Waals surface area contributed by atoms with Crippen LogP contribution in [-0.4, -0.2) is 25.8 Å². The van der Waals surface area contributed by atoms with Crippen LogP contribution in [0.2, 0.25) is 0 Å². The van der Waals surface area contributed by atoms with Gasteiger partial charge in [-0.25, -0.2) is 4.79 Å². The van der Waals surface area contributed by atoms with E-state index in [0.29, 0.717) is 0 Å². The molecule has 0 aliphatic rings. The number of esters is 1. The molecule has 0 spiro atoms. The lowest BCUT2D eigenvalue weighted by Gasteiger charge is -2.01. The number of hydrogen-bond acceptors (Lipinski definition) is 4. The molecule has 0 aromatic heterocycles. The first-order valence-electron chi connectivity index (χ1n) is 3.68. The van der Waals surface area contributed by atoms with Crippen molar-refractivity contribution >= 4 is 25.0 Å². The van der Waals surface area contributed by atoms with Gasteiger partial charge >= 0.3 is 5.97 Å². The molecule has 14 heavy (non-hydrogen) atoms. The normalized spacial score (nSPS) is 9.50. The summed E-state index contributed by atoms with van der Waals surface area (Å²) in [6, 6.07) is 3.78. The third-order valence-electron chi connectivity index (χ3n) is 1.62. The molecule has 1 aromatic rings. The molecule has 0 amide bonds. The van der Waals surface area contributed by atoms with Crippen molar-refractivity contribution in [3.05, 3.63) is 33.9 Å². The Labute approximate surface area is 81.2 Å². The number of carbonyl (C=O) groups is 1. The summed E-state index contributed by atoms with van der Waals surface area (Å²) in [5.74, 6) is -0.753.